The minimum atomic E-state index is -1.86. The highest BCUT2D eigenvalue weighted by Gasteiger charge is 2.50. The Kier molecular flexibility index (Phi) is 13.5. The van der Waals surface area contributed by atoms with E-state index in [4.69, 9.17) is 44.8 Å². The summed E-state index contributed by atoms with van der Waals surface area (Å²) in [6.07, 6.45) is -20.8. The lowest BCUT2D eigenvalue weighted by atomic mass is 9.97. The van der Waals surface area contributed by atoms with Gasteiger partial charge in [-0.25, -0.2) is 0 Å². The topological polar surface area (TPSA) is 308 Å². The van der Waals surface area contributed by atoms with Crippen molar-refractivity contribution in [1.29, 1.82) is 0 Å². The first-order valence-corrected chi connectivity index (χ1v) is 10.4. The van der Waals surface area contributed by atoms with Gasteiger partial charge in [0.15, 0.2) is 18.4 Å². The second-order valence-corrected chi connectivity index (χ2v) is 7.84. The predicted octanol–water partition coefficient (Wildman–Crippen LogP) is -8.77. The third kappa shape index (κ3) is 8.01. The van der Waals surface area contributed by atoms with Crippen LogP contribution in [-0.2, 0) is 19.0 Å². The maximum Gasteiger partial charge on any atom is 0.189 e. The van der Waals surface area contributed by atoms with E-state index in [-0.39, 0.29) is 0 Å². The van der Waals surface area contributed by atoms with Gasteiger partial charge in [0.1, 0.15) is 73.8 Å². The number of hydrogen-bond donors (Lipinski definition) is 13. The van der Waals surface area contributed by atoms with Gasteiger partial charge in [-0.15, -0.1) is 0 Å². The first kappa shape index (κ1) is 32.1. The highest BCUT2D eigenvalue weighted by molar-refractivity contribution is 5.84. The highest BCUT2D eigenvalue weighted by Crippen LogP contribution is 2.28. The summed E-state index contributed by atoms with van der Waals surface area (Å²) in [5, 5.41) is 120. The van der Waals surface area contributed by atoms with Gasteiger partial charge < -0.3 is 80.6 Å². The van der Waals surface area contributed by atoms with Gasteiger partial charge in [0, 0.05) is 0 Å². The molecule has 1 unspecified atom stereocenters. The quantitative estimate of drug-likeness (QED) is 0.134. The third-order valence-corrected chi connectivity index (χ3v) is 5.37. The van der Waals surface area contributed by atoms with Crippen molar-refractivity contribution in [3.05, 3.63) is 0 Å². The summed E-state index contributed by atoms with van der Waals surface area (Å²) in [6, 6.07) is 0. The molecule has 0 bridgehead atoms. The van der Waals surface area contributed by atoms with E-state index >= 15 is 0 Å². The normalized spacial score (nSPS) is 40.3. The molecule has 35 heavy (non-hydrogen) atoms. The second kappa shape index (κ2) is 14.7. The van der Waals surface area contributed by atoms with Crippen LogP contribution in [0.2, 0.25) is 0 Å². The molecule has 2 rings (SSSR count). The average molecular weight is 522 g/mol. The molecule has 0 saturated carbocycles. The maximum absolute atomic E-state index is 10.5. The fourth-order valence-electron chi connectivity index (χ4n) is 3.17. The Morgan fingerprint density at radius 3 is 1.80 bits per heavy atom. The number of aliphatic hydroxyl groups is 13. The number of hydrogen-bond acceptors (Lipinski definition) is 17. The Morgan fingerprint density at radius 1 is 0.743 bits per heavy atom. The molecule has 0 aromatic rings. The zero-order valence-electron chi connectivity index (χ0n) is 18.3. The molecule has 0 aliphatic carbocycles. The number of Topliss-reactive ketones (excluding diaryl/α,β-unsaturated/α-hetero) is 1. The molecule has 0 aromatic heterocycles. The van der Waals surface area contributed by atoms with Crippen LogP contribution in [0.3, 0.4) is 0 Å². The maximum atomic E-state index is 10.5. The van der Waals surface area contributed by atoms with Crippen LogP contribution < -0.4 is 0 Å². The molecular weight excluding hydrogens is 488 g/mol. The van der Waals surface area contributed by atoms with Crippen molar-refractivity contribution in [2.75, 3.05) is 26.4 Å². The van der Waals surface area contributed by atoms with E-state index in [9.17, 15) is 40.5 Å². The first-order valence-electron chi connectivity index (χ1n) is 10.4. The lowest BCUT2D eigenvalue weighted by Crippen LogP contribution is -2.64. The number of carbonyl (C=O) groups excluding carboxylic acids is 1. The van der Waals surface area contributed by atoms with Crippen LogP contribution in [0.5, 0.6) is 0 Å². The Bertz CT molecular complexity index is 620. The Morgan fingerprint density at radius 2 is 1.31 bits per heavy atom. The van der Waals surface area contributed by atoms with Gasteiger partial charge in [0.25, 0.3) is 0 Å². The summed E-state index contributed by atoms with van der Waals surface area (Å²) in [4.78, 5) is 10.5. The number of rotatable bonds is 9. The van der Waals surface area contributed by atoms with E-state index in [1.807, 2.05) is 0 Å². The summed E-state index contributed by atoms with van der Waals surface area (Å²) in [5.41, 5.74) is 0. The number of ether oxygens (including phenoxy) is 3. The largest absolute Gasteiger partial charge is 0.394 e. The monoisotopic (exact) mass is 522 g/mol. The molecule has 208 valence electrons. The van der Waals surface area contributed by atoms with Crippen molar-refractivity contribution in [3.8, 4) is 0 Å². The minimum absolute atomic E-state index is 0.667. The van der Waals surface area contributed by atoms with Gasteiger partial charge >= 0.3 is 0 Å². The van der Waals surface area contributed by atoms with E-state index in [1.165, 1.54) is 0 Å². The third-order valence-electron chi connectivity index (χ3n) is 5.37. The fourth-order valence-corrected chi connectivity index (χ4v) is 3.17. The van der Waals surface area contributed by atoms with Crippen LogP contribution in [0.4, 0.5) is 0 Å². The van der Waals surface area contributed by atoms with Crippen LogP contribution in [0.1, 0.15) is 0 Å². The molecule has 0 amide bonds. The molecule has 2 heterocycles. The molecule has 17 heteroatoms. The minimum Gasteiger partial charge on any atom is -0.394 e. The molecule has 2 aliphatic heterocycles. The zero-order chi connectivity index (χ0) is 27.0. The van der Waals surface area contributed by atoms with Crippen molar-refractivity contribution >= 4 is 5.78 Å². The first-order chi connectivity index (χ1) is 16.4. The number of ketones is 1. The molecule has 2 saturated heterocycles. The van der Waals surface area contributed by atoms with E-state index < -0.39 is 112 Å². The lowest BCUT2D eigenvalue weighted by molar-refractivity contribution is -0.355. The van der Waals surface area contributed by atoms with Crippen molar-refractivity contribution < 1.29 is 85.4 Å². The fraction of sp³-hybridized carbons (Fsp3) is 0.944. The van der Waals surface area contributed by atoms with Crippen molar-refractivity contribution in [2.45, 2.75) is 79.7 Å². The summed E-state index contributed by atoms with van der Waals surface area (Å²) >= 11 is 0. The lowest BCUT2D eigenvalue weighted by Gasteiger charge is -2.45. The smallest absolute Gasteiger partial charge is 0.189 e. The average Bonchev–Trinajstić information content (AvgIpc) is 2.87. The molecule has 0 radical (unpaired) electrons. The highest BCUT2D eigenvalue weighted by atomic mass is 16.7. The SMILES string of the molecule is O=C(CO)[C@@H](O)[C@H](O)[C@@H](O)CO.OC[C@H]1O[C@@H](O[C@H]2[C@H](O)[C@@H](O)C(O)O[C@@H]2CO)[C@H](O)[C@@H](O)[C@H]1O. The van der Waals surface area contributed by atoms with Crippen LogP contribution in [0.25, 0.3) is 0 Å². The summed E-state index contributed by atoms with van der Waals surface area (Å²) in [7, 11) is 0. The van der Waals surface area contributed by atoms with Crippen LogP contribution >= 0.6 is 0 Å². The summed E-state index contributed by atoms with van der Waals surface area (Å²) < 4.78 is 15.3. The van der Waals surface area contributed by atoms with Gasteiger partial charge in [-0.3, -0.25) is 4.79 Å². The zero-order valence-corrected chi connectivity index (χ0v) is 18.3. The van der Waals surface area contributed by atoms with Crippen LogP contribution in [-0.4, -0.2) is 178 Å². The Labute approximate surface area is 198 Å². The summed E-state index contributed by atoms with van der Waals surface area (Å²) in [6.45, 7) is -3.03. The van der Waals surface area contributed by atoms with Gasteiger partial charge in [0.2, 0.25) is 0 Å². The molecule has 2 fully saturated rings. The van der Waals surface area contributed by atoms with Gasteiger partial charge in [-0.2, -0.15) is 0 Å². The van der Waals surface area contributed by atoms with E-state index in [2.05, 4.69) is 0 Å². The van der Waals surface area contributed by atoms with Crippen LogP contribution in [0, 0.1) is 0 Å². The Hall–Kier alpha value is -0.970. The Balaban J connectivity index is 0.000000434. The molecule has 0 aromatic carbocycles. The van der Waals surface area contributed by atoms with E-state index in [0.717, 1.165) is 0 Å². The number of aliphatic hydroxyl groups excluding tert-OH is 13. The second-order valence-electron chi connectivity index (χ2n) is 7.84. The summed E-state index contributed by atoms with van der Waals surface area (Å²) in [5.74, 6) is -1.00. The molecule has 0 spiro atoms. The molecular formula is C18H34O17. The molecule has 2 aliphatic rings. The van der Waals surface area contributed by atoms with Gasteiger partial charge in [-0.1, -0.05) is 0 Å². The van der Waals surface area contributed by atoms with Crippen LogP contribution in [0.15, 0.2) is 0 Å². The predicted molar refractivity (Wildman–Crippen MR) is 106 cm³/mol. The standard InChI is InChI=1S/C12H22O11.C6H12O6/c13-1-3-5(15)6(16)9(19)12(22-3)23-10-4(2-14)21-11(20)8(18)7(10)17;7-1-3(9)5(11)6(12)4(10)2-8/h3-20H,1-2H2;3,5-9,11-12H,1-2H2/t3-,4-,5+,6+,7-,8-,9-,10-,11?,12+;3-,5+,6+/m10/s1. The van der Waals surface area contributed by atoms with E-state index in [1.54, 1.807) is 0 Å². The van der Waals surface area contributed by atoms with Gasteiger partial charge in [0.05, 0.1) is 19.8 Å². The number of carbonyl (C=O) groups is 1. The van der Waals surface area contributed by atoms with Crippen molar-refractivity contribution in [3.63, 3.8) is 0 Å². The van der Waals surface area contributed by atoms with Crippen molar-refractivity contribution in [1.82, 2.24) is 0 Å². The molecule has 13 N–H and O–H groups in total. The molecule has 13 atom stereocenters. The van der Waals surface area contributed by atoms with Gasteiger partial charge in [-0.05, 0) is 0 Å². The van der Waals surface area contributed by atoms with E-state index in [0.29, 0.717) is 0 Å². The molecule has 17 nitrogen and oxygen atoms in total. The van der Waals surface area contributed by atoms with Crippen molar-refractivity contribution in [2.24, 2.45) is 0 Å².